The summed E-state index contributed by atoms with van der Waals surface area (Å²) in [4.78, 5) is 0. The number of hydrogen-bond donors (Lipinski definition) is 2. The fourth-order valence-electron chi connectivity index (χ4n) is 1.64. The molecule has 2 rings (SSSR count). The van der Waals surface area contributed by atoms with Crippen LogP contribution in [0.1, 0.15) is 18.4 Å². The molecule has 2 N–H and O–H groups in total. The van der Waals surface area contributed by atoms with Gasteiger partial charge in [-0.15, -0.1) is 0 Å². The summed E-state index contributed by atoms with van der Waals surface area (Å²) in [6.07, 6.45) is 2.52. The zero-order valence-corrected chi connectivity index (χ0v) is 11.3. The summed E-state index contributed by atoms with van der Waals surface area (Å²) in [5.74, 6) is 1.93. The topological polar surface area (TPSA) is 32.3 Å². The zero-order chi connectivity index (χ0) is 12.1. The van der Waals surface area contributed by atoms with Crippen molar-refractivity contribution in [2.45, 2.75) is 30.7 Å². The van der Waals surface area contributed by atoms with Crippen LogP contribution in [0, 0.1) is 0 Å². The maximum Gasteiger partial charge on any atom is 0.0592 e. The van der Waals surface area contributed by atoms with Gasteiger partial charge >= 0.3 is 0 Å². The summed E-state index contributed by atoms with van der Waals surface area (Å²) >= 11 is 7.68. The minimum Gasteiger partial charge on any atom is -0.395 e. The van der Waals surface area contributed by atoms with Crippen molar-refractivity contribution in [3.63, 3.8) is 0 Å². The van der Waals surface area contributed by atoms with E-state index in [-0.39, 0.29) is 12.6 Å². The SMILES string of the molecule is OCC(CSCc1ccc(Cl)cc1)NC1CC1. The van der Waals surface area contributed by atoms with Gasteiger partial charge in [-0.25, -0.2) is 0 Å². The number of benzene rings is 1. The second kappa shape index (κ2) is 6.64. The van der Waals surface area contributed by atoms with Crippen LogP contribution in [-0.2, 0) is 5.75 Å². The highest BCUT2D eigenvalue weighted by Gasteiger charge is 2.23. The monoisotopic (exact) mass is 271 g/mol. The molecule has 0 radical (unpaired) electrons. The molecule has 1 fully saturated rings. The lowest BCUT2D eigenvalue weighted by Crippen LogP contribution is -2.36. The molecule has 2 nitrogen and oxygen atoms in total. The number of aliphatic hydroxyl groups is 1. The second-order valence-corrected chi connectivity index (χ2v) is 5.93. The Balaban J connectivity index is 1.68. The molecule has 1 aromatic rings. The molecule has 0 bridgehead atoms. The molecule has 94 valence electrons. The summed E-state index contributed by atoms with van der Waals surface area (Å²) in [5, 5.41) is 13.5. The van der Waals surface area contributed by atoms with E-state index in [9.17, 15) is 5.11 Å². The van der Waals surface area contributed by atoms with Gasteiger partial charge in [0.15, 0.2) is 0 Å². The molecule has 0 aromatic heterocycles. The average Bonchev–Trinajstić information content (AvgIpc) is 3.14. The summed E-state index contributed by atoms with van der Waals surface area (Å²) in [6.45, 7) is 0.226. The lowest BCUT2D eigenvalue weighted by Gasteiger charge is -2.15. The van der Waals surface area contributed by atoms with Gasteiger partial charge in [0.1, 0.15) is 0 Å². The van der Waals surface area contributed by atoms with Crippen molar-refractivity contribution in [3.05, 3.63) is 34.9 Å². The van der Waals surface area contributed by atoms with Crippen molar-refractivity contribution in [2.75, 3.05) is 12.4 Å². The predicted octanol–water partition coefficient (Wildman–Crippen LogP) is 2.69. The highest BCUT2D eigenvalue weighted by atomic mass is 35.5. The van der Waals surface area contributed by atoms with Gasteiger partial charge in [0.25, 0.3) is 0 Å². The Morgan fingerprint density at radius 3 is 2.65 bits per heavy atom. The fourth-order valence-corrected chi connectivity index (χ4v) is 2.79. The average molecular weight is 272 g/mol. The van der Waals surface area contributed by atoms with Crippen molar-refractivity contribution < 1.29 is 5.11 Å². The van der Waals surface area contributed by atoms with E-state index in [0.29, 0.717) is 6.04 Å². The van der Waals surface area contributed by atoms with Crippen LogP contribution >= 0.6 is 23.4 Å². The first kappa shape index (κ1) is 13.2. The first-order valence-corrected chi connectivity index (χ1v) is 7.50. The molecule has 1 unspecified atom stereocenters. The van der Waals surface area contributed by atoms with E-state index in [1.54, 1.807) is 0 Å². The van der Waals surface area contributed by atoms with E-state index in [0.717, 1.165) is 16.5 Å². The molecule has 0 saturated heterocycles. The van der Waals surface area contributed by atoms with E-state index in [1.807, 2.05) is 23.9 Å². The molecule has 0 aliphatic heterocycles. The third-order valence-corrected chi connectivity index (χ3v) is 4.20. The van der Waals surface area contributed by atoms with Crippen molar-refractivity contribution in [2.24, 2.45) is 0 Å². The van der Waals surface area contributed by atoms with E-state index in [1.165, 1.54) is 18.4 Å². The van der Waals surface area contributed by atoms with E-state index in [2.05, 4.69) is 17.4 Å². The summed E-state index contributed by atoms with van der Waals surface area (Å²) in [6, 6.07) is 8.84. The van der Waals surface area contributed by atoms with Crippen molar-refractivity contribution >= 4 is 23.4 Å². The molecule has 17 heavy (non-hydrogen) atoms. The maximum absolute atomic E-state index is 9.24. The molecule has 1 aromatic carbocycles. The first-order chi connectivity index (χ1) is 8.28. The maximum atomic E-state index is 9.24. The van der Waals surface area contributed by atoms with E-state index >= 15 is 0 Å². The molecule has 1 aliphatic carbocycles. The molecular formula is C13H18ClNOS. The van der Waals surface area contributed by atoms with Crippen LogP contribution in [0.25, 0.3) is 0 Å². The van der Waals surface area contributed by atoms with Crippen molar-refractivity contribution in [1.82, 2.24) is 5.32 Å². The minimum atomic E-state index is 0.226. The molecule has 1 atom stereocenters. The number of hydrogen-bond acceptors (Lipinski definition) is 3. The van der Waals surface area contributed by atoms with Crippen LogP contribution in [0.15, 0.2) is 24.3 Å². The third kappa shape index (κ3) is 4.88. The smallest absolute Gasteiger partial charge is 0.0592 e. The van der Waals surface area contributed by atoms with Gasteiger partial charge in [-0.2, -0.15) is 11.8 Å². The summed E-state index contributed by atoms with van der Waals surface area (Å²) < 4.78 is 0. The Kier molecular flexibility index (Phi) is 5.16. The van der Waals surface area contributed by atoms with Gasteiger partial charge in [0.2, 0.25) is 0 Å². The van der Waals surface area contributed by atoms with Crippen LogP contribution in [0.2, 0.25) is 5.02 Å². The summed E-state index contributed by atoms with van der Waals surface area (Å²) in [5.41, 5.74) is 1.28. The fraction of sp³-hybridized carbons (Fsp3) is 0.538. The molecule has 1 saturated carbocycles. The number of nitrogens with one attached hydrogen (secondary N) is 1. The Labute approximate surface area is 112 Å². The first-order valence-electron chi connectivity index (χ1n) is 5.97. The van der Waals surface area contributed by atoms with E-state index in [4.69, 9.17) is 11.6 Å². The van der Waals surface area contributed by atoms with Crippen molar-refractivity contribution in [1.29, 1.82) is 0 Å². The van der Waals surface area contributed by atoms with E-state index < -0.39 is 0 Å². The van der Waals surface area contributed by atoms with Crippen LogP contribution in [-0.4, -0.2) is 29.5 Å². The lowest BCUT2D eigenvalue weighted by atomic mass is 10.2. The quantitative estimate of drug-likeness (QED) is 0.800. The minimum absolute atomic E-state index is 0.226. The predicted molar refractivity (Wildman–Crippen MR) is 74.6 cm³/mol. The molecule has 0 amide bonds. The number of rotatable bonds is 7. The normalized spacial score (nSPS) is 17.1. The Morgan fingerprint density at radius 1 is 1.35 bits per heavy atom. The van der Waals surface area contributed by atoms with Gasteiger partial charge in [0, 0.05) is 28.6 Å². The highest BCUT2D eigenvalue weighted by Crippen LogP contribution is 2.21. The van der Waals surface area contributed by atoms with Gasteiger partial charge < -0.3 is 10.4 Å². The Hall–Kier alpha value is -0.220. The largest absolute Gasteiger partial charge is 0.395 e. The molecule has 0 spiro atoms. The zero-order valence-electron chi connectivity index (χ0n) is 9.73. The van der Waals surface area contributed by atoms with Crippen LogP contribution in [0.4, 0.5) is 0 Å². The van der Waals surface area contributed by atoms with Crippen LogP contribution < -0.4 is 5.32 Å². The van der Waals surface area contributed by atoms with Gasteiger partial charge in [-0.1, -0.05) is 23.7 Å². The van der Waals surface area contributed by atoms with Gasteiger partial charge in [-0.3, -0.25) is 0 Å². The molecule has 4 heteroatoms. The van der Waals surface area contributed by atoms with Crippen molar-refractivity contribution in [3.8, 4) is 0 Å². The lowest BCUT2D eigenvalue weighted by molar-refractivity contribution is 0.253. The van der Waals surface area contributed by atoms with Crippen LogP contribution in [0.3, 0.4) is 0 Å². The summed E-state index contributed by atoms with van der Waals surface area (Å²) in [7, 11) is 0. The Morgan fingerprint density at radius 2 is 2.06 bits per heavy atom. The van der Waals surface area contributed by atoms with Gasteiger partial charge in [-0.05, 0) is 30.5 Å². The number of halogens is 1. The molecule has 1 aliphatic rings. The highest BCUT2D eigenvalue weighted by molar-refractivity contribution is 7.98. The molecular weight excluding hydrogens is 254 g/mol. The Bertz CT molecular complexity index is 340. The number of aliphatic hydroxyl groups excluding tert-OH is 1. The second-order valence-electron chi connectivity index (χ2n) is 4.46. The third-order valence-electron chi connectivity index (χ3n) is 2.77. The van der Waals surface area contributed by atoms with Crippen LogP contribution in [0.5, 0.6) is 0 Å². The number of thioether (sulfide) groups is 1. The van der Waals surface area contributed by atoms with Gasteiger partial charge in [0.05, 0.1) is 6.61 Å². The molecule has 0 heterocycles. The standard InChI is InChI=1S/C13H18ClNOS/c14-11-3-1-10(2-4-11)8-17-9-13(7-16)15-12-5-6-12/h1-4,12-13,15-16H,5-9H2.